The molecule has 25 heavy (non-hydrogen) atoms. The number of hydrogen-bond acceptors (Lipinski definition) is 5. The molecule has 4 nitrogen and oxygen atoms in total. The van der Waals surface area contributed by atoms with E-state index in [4.69, 9.17) is 0 Å². The quantitative estimate of drug-likeness (QED) is 0.398. The second-order valence-corrected chi connectivity index (χ2v) is 5.89. The Hall–Kier alpha value is -2.81. The van der Waals surface area contributed by atoms with E-state index >= 15 is 0 Å². The van der Waals surface area contributed by atoms with Crippen molar-refractivity contribution in [1.29, 1.82) is 0 Å². The normalized spacial score (nSPS) is 11.4. The topological polar surface area (TPSA) is 50.2 Å². The summed E-state index contributed by atoms with van der Waals surface area (Å²) in [5, 5.41) is 3.45. The molecule has 9 heteroatoms. The number of benzene rings is 1. The van der Waals surface area contributed by atoms with Gasteiger partial charge >= 0.3 is 0 Å². The Morgan fingerprint density at radius 1 is 1.04 bits per heavy atom. The summed E-state index contributed by atoms with van der Waals surface area (Å²) in [5.41, 5.74) is 2.61. The second kappa shape index (κ2) is 7.39. The van der Waals surface area contributed by atoms with Crippen LogP contribution < -0.4 is 5.43 Å². The van der Waals surface area contributed by atoms with E-state index in [1.54, 1.807) is 0 Å². The maximum absolute atomic E-state index is 13.0. The summed E-state index contributed by atoms with van der Waals surface area (Å²) in [6.07, 6.45) is -1.48. The highest BCUT2D eigenvalue weighted by Crippen LogP contribution is 2.24. The number of hydrazone groups is 1. The lowest BCUT2D eigenvalue weighted by Gasteiger charge is -2.07. The molecule has 3 aromatic rings. The van der Waals surface area contributed by atoms with Crippen molar-refractivity contribution < 1.29 is 17.6 Å². The van der Waals surface area contributed by atoms with Crippen LogP contribution >= 0.6 is 11.3 Å². The summed E-state index contributed by atoms with van der Waals surface area (Å²) in [4.78, 5) is 8.31. The molecule has 0 fully saturated rings. The minimum absolute atomic E-state index is 0.148. The van der Waals surface area contributed by atoms with Crippen LogP contribution in [0.2, 0.25) is 0 Å². The molecule has 3 rings (SSSR count). The first-order valence-electron chi connectivity index (χ1n) is 6.99. The Labute approximate surface area is 143 Å². The van der Waals surface area contributed by atoms with Gasteiger partial charge in [0, 0.05) is 5.56 Å². The third kappa shape index (κ3) is 4.38. The first kappa shape index (κ1) is 17.0. The fraction of sp³-hybridized carbons (Fsp3) is 0.0625. The highest BCUT2D eigenvalue weighted by molar-refractivity contribution is 7.12. The van der Waals surface area contributed by atoms with Crippen molar-refractivity contribution in [1.82, 2.24) is 9.97 Å². The molecule has 0 radical (unpaired) electrons. The van der Waals surface area contributed by atoms with E-state index in [9.17, 15) is 17.6 Å². The maximum Gasteiger partial charge on any atom is 0.280 e. The van der Waals surface area contributed by atoms with Crippen LogP contribution in [0.25, 0.3) is 11.3 Å². The largest absolute Gasteiger partial charge is 0.280 e. The molecule has 0 spiro atoms. The summed E-state index contributed by atoms with van der Waals surface area (Å²) in [5.74, 6) is -0.594. The third-order valence-corrected chi connectivity index (χ3v) is 3.87. The average molecular weight is 366 g/mol. The van der Waals surface area contributed by atoms with Crippen molar-refractivity contribution in [3.05, 3.63) is 64.0 Å². The molecule has 0 unspecified atom stereocenters. The van der Waals surface area contributed by atoms with E-state index in [2.05, 4.69) is 20.5 Å². The molecule has 0 saturated carbocycles. The zero-order valence-corrected chi connectivity index (χ0v) is 13.3. The Balaban J connectivity index is 1.87. The van der Waals surface area contributed by atoms with Gasteiger partial charge in [-0.05, 0) is 42.5 Å². The van der Waals surface area contributed by atoms with Gasteiger partial charge in [0.05, 0.1) is 16.8 Å². The molecular formula is C16H10F4N4S. The number of aromatic nitrogens is 2. The monoisotopic (exact) mass is 366 g/mol. The van der Waals surface area contributed by atoms with Crippen molar-refractivity contribution in [3.63, 3.8) is 0 Å². The van der Waals surface area contributed by atoms with E-state index in [1.807, 2.05) is 0 Å². The zero-order chi connectivity index (χ0) is 17.8. The van der Waals surface area contributed by atoms with Crippen LogP contribution in [0.1, 0.15) is 17.0 Å². The van der Waals surface area contributed by atoms with Gasteiger partial charge in [0.25, 0.3) is 6.43 Å². The first-order valence-corrected chi connectivity index (χ1v) is 7.80. The molecule has 0 bridgehead atoms. The molecule has 0 saturated heterocycles. The van der Waals surface area contributed by atoms with Crippen molar-refractivity contribution >= 4 is 23.5 Å². The molecule has 1 aromatic carbocycles. The Kier molecular flexibility index (Phi) is 5.03. The summed E-state index contributed by atoms with van der Waals surface area (Å²) in [6, 6.07) is 9.19. The fourth-order valence-electron chi connectivity index (χ4n) is 1.95. The Bertz CT molecular complexity index is 893. The van der Waals surface area contributed by atoms with E-state index in [0.717, 1.165) is 17.4 Å². The van der Waals surface area contributed by atoms with E-state index in [0.29, 0.717) is 10.4 Å². The van der Waals surface area contributed by atoms with Crippen molar-refractivity contribution in [2.75, 3.05) is 5.43 Å². The lowest BCUT2D eigenvalue weighted by atomic mass is 10.1. The van der Waals surface area contributed by atoms with Crippen molar-refractivity contribution in [3.8, 4) is 11.3 Å². The number of anilines is 1. The van der Waals surface area contributed by atoms with E-state index < -0.39 is 17.9 Å². The molecule has 1 N–H and O–H groups in total. The fourth-order valence-corrected chi connectivity index (χ4v) is 2.55. The molecule has 0 atom stereocenters. The number of rotatable bonds is 5. The highest BCUT2D eigenvalue weighted by Gasteiger charge is 2.14. The van der Waals surface area contributed by atoms with Gasteiger partial charge in [0.2, 0.25) is 5.95 Å². The van der Waals surface area contributed by atoms with Gasteiger partial charge in [-0.25, -0.2) is 28.6 Å². The van der Waals surface area contributed by atoms with Gasteiger partial charge in [-0.2, -0.15) is 9.49 Å². The first-order chi connectivity index (χ1) is 12.0. The molecule has 0 amide bonds. The van der Waals surface area contributed by atoms with Crippen LogP contribution in [0.15, 0.2) is 47.6 Å². The molecular weight excluding hydrogens is 356 g/mol. The van der Waals surface area contributed by atoms with Crippen molar-refractivity contribution in [2.45, 2.75) is 6.43 Å². The lowest BCUT2D eigenvalue weighted by molar-refractivity contribution is 0.146. The average Bonchev–Trinajstić information content (AvgIpc) is 3.00. The minimum atomic E-state index is -2.81. The van der Waals surface area contributed by atoms with Gasteiger partial charge in [0.1, 0.15) is 11.5 Å². The number of alkyl halides is 2. The minimum Gasteiger partial charge on any atom is -0.245 e. The third-order valence-electron chi connectivity index (χ3n) is 3.06. The molecule has 0 aliphatic carbocycles. The summed E-state index contributed by atoms with van der Waals surface area (Å²) >= 11 is 0.880. The predicted molar refractivity (Wildman–Crippen MR) is 87.9 cm³/mol. The summed E-state index contributed by atoms with van der Waals surface area (Å²) < 4.78 is 52.0. The zero-order valence-electron chi connectivity index (χ0n) is 12.5. The number of thiophene rings is 1. The Morgan fingerprint density at radius 3 is 2.44 bits per heavy atom. The number of hydrogen-bond donors (Lipinski definition) is 1. The van der Waals surface area contributed by atoms with Crippen LogP contribution in [0, 0.1) is 10.9 Å². The van der Waals surface area contributed by atoms with E-state index in [-0.39, 0.29) is 16.8 Å². The molecule has 0 aliphatic rings. The smallest absolute Gasteiger partial charge is 0.245 e. The van der Waals surface area contributed by atoms with Gasteiger partial charge in [-0.1, -0.05) is 0 Å². The van der Waals surface area contributed by atoms with E-state index in [1.165, 1.54) is 42.6 Å². The SMILES string of the molecule is Fc1ccc(-c2cc(C(F)F)nc(NN=Cc3ccc(F)s3)n2)cc1. The summed E-state index contributed by atoms with van der Waals surface area (Å²) in [6.45, 7) is 0. The molecule has 2 heterocycles. The molecule has 128 valence electrons. The summed E-state index contributed by atoms with van der Waals surface area (Å²) in [7, 11) is 0. The standard InChI is InChI=1S/C16H10F4N4S/c17-10-3-1-9(2-4-10)12-7-13(15(19)20)23-16(22-12)24-21-8-11-5-6-14(18)25-11/h1-8,15H,(H,22,23,24). The predicted octanol–water partition coefficient (Wildman–Crippen LogP) is 4.87. The number of nitrogens with zero attached hydrogens (tertiary/aromatic N) is 3. The van der Waals surface area contributed by atoms with Gasteiger partial charge in [0.15, 0.2) is 5.13 Å². The van der Waals surface area contributed by atoms with Gasteiger partial charge in [-0.15, -0.1) is 11.3 Å². The van der Waals surface area contributed by atoms with Crippen LogP contribution in [0.3, 0.4) is 0 Å². The van der Waals surface area contributed by atoms with Crippen LogP contribution in [-0.2, 0) is 0 Å². The van der Waals surface area contributed by atoms with Crippen molar-refractivity contribution in [2.24, 2.45) is 5.10 Å². The molecule has 0 aliphatic heterocycles. The van der Waals surface area contributed by atoms with Gasteiger partial charge in [-0.3, -0.25) is 0 Å². The van der Waals surface area contributed by atoms with Gasteiger partial charge < -0.3 is 0 Å². The van der Waals surface area contributed by atoms with Crippen LogP contribution in [-0.4, -0.2) is 16.2 Å². The van der Waals surface area contributed by atoms with Crippen LogP contribution in [0.4, 0.5) is 23.5 Å². The number of halogens is 4. The van der Waals surface area contributed by atoms with Crippen LogP contribution in [0.5, 0.6) is 0 Å². The number of nitrogens with one attached hydrogen (secondary N) is 1. The second-order valence-electron chi connectivity index (χ2n) is 4.82. The lowest BCUT2D eigenvalue weighted by Crippen LogP contribution is -2.02. The highest BCUT2D eigenvalue weighted by atomic mass is 32.1. The molecule has 2 aromatic heterocycles. The maximum atomic E-state index is 13.0. The Morgan fingerprint density at radius 2 is 1.80 bits per heavy atom.